The molecule has 5 heteroatoms. The number of rotatable bonds is 3. The van der Waals surface area contributed by atoms with Crippen molar-refractivity contribution in [2.75, 3.05) is 9.80 Å². The third-order valence-electron chi connectivity index (χ3n) is 10.6. The third-order valence-corrected chi connectivity index (χ3v) is 13.0. The SMILES string of the molecule is c1ccc(N2c3cccc4c3B(c3sc5ccccc5c32)c2sc3ccccc3c2N4c2ccccc2-c2cccc3c2CCC3)cc1. The van der Waals surface area contributed by atoms with Gasteiger partial charge in [-0.05, 0) is 83.9 Å². The molecule has 0 spiro atoms. The Morgan fingerprint density at radius 1 is 0.479 bits per heavy atom. The van der Waals surface area contributed by atoms with Gasteiger partial charge in [-0.25, -0.2) is 0 Å². The van der Waals surface area contributed by atoms with E-state index >= 15 is 0 Å². The summed E-state index contributed by atoms with van der Waals surface area (Å²) >= 11 is 3.94. The highest BCUT2D eigenvalue weighted by Gasteiger charge is 2.47. The van der Waals surface area contributed by atoms with Gasteiger partial charge >= 0.3 is 0 Å². The van der Waals surface area contributed by atoms with E-state index in [1.807, 2.05) is 22.7 Å². The maximum atomic E-state index is 2.62. The van der Waals surface area contributed by atoms with E-state index in [-0.39, 0.29) is 6.71 Å². The van der Waals surface area contributed by atoms with Gasteiger partial charge in [0.25, 0.3) is 6.71 Å². The number of fused-ring (bicyclic) bond motifs is 9. The molecule has 6 aromatic carbocycles. The van der Waals surface area contributed by atoms with Crippen LogP contribution in [0.5, 0.6) is 0 Å². The van der Waals surface area contributed by atoms with Crippen molar-refractivity contribution < 1.29 is 0 Å². The molecule has 0 amide bonds. The van der Waals surface area contributed by atoms with Crippen LogP contribution < -0.4 is 24.8 Å². The average Bonchev–Trinajstić information content (AvgIpc) is 3.88. The summed E-state index contributed by atoms with van der Waals surface area (Å²) in [4.78, 5) is 5.16. The standard InChI is InChI=1S/C43H29BN2S2/c1-2-15-28(16-3-1)45-35-23-12-24-36-39(35)44(42-40(45)32-18-5-8-25-37(32)47-42)43-41(33-19-6-9-26-38(33)48-43)46(36)34-22-7-4-17-31(34)30-21-11-14-27-13-10-20-29(27)30/h1-9,11-12,14-19,21-26H,10,13,20H2. The summed E-state index contributed by atoms with van der Waals surface area (Å²) in [5.41, 5.74) is 14.8. The number of para-hydroxylation sites is 2. The monoisotopic (exact) mass is 648 g/mol. The van der Waals surface area contributed by atoms with Gasteiger partial charge in [-0.15, -0.1) is 22.7 Å². The Morgan fingerprint density at radius 2 is 1.06 bits per heavy atom. The molecule has 0 radical (unpaired) electrons. The quantitative estimate of drug-likeness (QED) is 0.176. The van der Waals surface area contributed by atoms with Crippen molar-refractivity contribution in [1.82, 2.24) is 0 Å². The summed E-state index contributed by atoms with van der Waals surface area (Å²) in [6, 6.07) is 52.0. The van der Waals surface area contributed by atoms with Crippen molar-refractivity contribution in [2.45, 2.75) is 19.3 Å². The second-order valence-corrected chi connectivity index (χ2v) is 15.3. The minimum atomic E-state index is 0.153. The molecule has 0 N–H and O–H groups in total. The molecule has 3 aliphatic rings. The van der Waals surface area contributed by atoms with E-state index in [0.717, 1.165) is 6.42 Å². The maximum Gasteiger partial charge on any atom is 0.277 e. The number of anilines is 6. The first-order valence-electron chi connectivity index (χ1n) is 16.9. The van der Waals surface area contributed by atoms with E-state index < -0.39 is 0 Å². The molecule has 0 atom stereocenters. The van der Waals surface area contributed by atoms with E-state index in [0.29, 0.717) is 0 Å². The van der Waals surface area contributed by atoms with Gasteiger partial charge in [0.15, 0.2) is 0 Å². The van der Waals surface area contributed by atoms with Gasteiger partial charge in [0.1, 0.15) is 0 Å². The van der Waals surface area contributed by atoms with Crippen LogP contribution in [0.4, 0.5) is 34.1 Å². The molecule has 2 nitrogen and oxygen atoms in total. The fourth-order valence-corrected chi connectivity index (χ4v) is 11.4. The first-order valence-corrected chi connectivity index (χ1v) is 18.5. The minimum absolute atomic E-state index is 0.153. The number of thiophene rings is 2. The van der Waals surface area contributed by atoms with Gasteiger partial charge in [-0.2, -0.15) is 0 Å². The Hall–Kier alpha value is -5.10. The molecule has 11 rings (SSSR count). The normalized spacial score (nSPS) is 14.3. The molecule has 0 saturated carbocycles. The summed E-state index contributed by atoms with van der Waals surface area (Å²) in [6.45, 7) is 0.153. The molecule has 8 aromatic rings. The molecule has 2 aliphatic heterocycles. The number of nitrogens with zero attached hydrogens (tertiary/aromatic N) is 2. The van der Waals surface area contributed by atoms with Crippen molar-refractivity contribution in [3.05, 3.63) is 151 Å². The van der Waals surface area contributed by atoms with Crippen LogP contribution in [0.15, 0.2) is 140 Å². The fourth-order valence-electron chi connectivity index (χ4n) is 8.67. The van der Waals surface area contributed by atoms with E-state index in [1.54, 1.807) is 0 Å². The van der Waals surface area contributed by atoms with Crippen LogP contribution >= 0.6 is 22.7 Å². The first-order chi connectivity index (χ1) is 23.8. The molecule has 2 aromatic heterocycles. The van der Waals surface area contributed by atoms with Crippen LogP contribution in [0.2, 0.25) is 0 Å². The van der Waals surface area contributed by atoms with Crippen molar-refractivity contribution in [1.29, 1.82) is 0 Å². The third kappa shape index (κ3) is 3.63. The summed E-state index contributed by atoms with van der Waals surface area (Å²) in [5.74, 6) is 0. The van der Waals surface area contributed by atoms with Crippen molar-refractivity contribution >= 4 is 98.7 Å². The lowest BCUT2D eigenvalue weighted by Crippen LogP contribution is -2.59. The van der Waals surface area contributed by atoms with Crippen LogP contribution in [0.1, 0.15) is 17.5 Å². The van der Waals surface area contributed by atoms with E-state index in [4.69, 9.17) is 0 Å². The summed E-state index contributed by atoms with van der Waals surface area (Å²) in [6.07, 6.45) is 3.56. The number of hydrogen-bond acceptors (Lipinski definition) is 4. The van der Waals surface area contributed by atoms with E-state index in [1.165, 1.54) is 104 Å². The van der Waals surface area contributed by atoms with Crippen molar-refractivity contribution in [3.8, 4) is 11.1 Å². The molecule has 0 saturated heterocycles. The zero-order valence-electron chi connectivity index (χ0n) is 26.2. The van der Waals surface area contributed by atoms with Gasteiger partial charge < -0.3 is 9.80 Å². The lowest BCUT2D eigenvalue weighted by molar-refractivity contribution is 0.912. The molecule has 4 heterocycles. The summed E-state index contributed by atoms with van der Waals surface area (Å²) in [7, 11) is 0. The Kier molecular flexibility index (Phi) is 5.72. The first kappa shape index (κ1) is 26.9. The molecule has 0 unspecified atom stereocenters. The van der Waals surface area contributed by atoms with Crippen molar-refractivity contribution in [3.63, 3.8) is 0 Å². The number of aryl methyl sites for hydroxylation is 1. The lowest BCUT2D eigenvalue weighted by atomic mass is 9.39. The summed E-state index contributed by atoms with van der Waals surface area (Å²) in [5, 5.41) is 2.65. The second kappa shape index (κ2) is 10.2. The largest absolute Gasteiger partial charge is 0.310 e. The molecule has 0 fully saturated rings. The van der Waals surface area contributed by atoms with E-state index in [9.17, 15) is 0 Å². The Morgan fingerprint density at radius 3 is 1.83 bits per heavy atom. The topological polar surface area (TPSA) is 6.48 Å². The highest BCUT2D eigenvalue weighted by atomic mass is 32.1. The molecule has 226 valence electrons. The maximum absolute atomic E-state index is 2.62. The Bertz CT molecular complexity index is 2580. The Labute approximate surface area is 288 Å². The molecular weight excluding hydrogens is 619 g/mol. The van der Waals surface area contributed by atoms with Gasteiger partial charge in [-0.1, -0.05) is 97.1 Å². The lowest BCUT2D eigenvalue weighted by Gasteiger charge is -2.42. The van der Waals surface area contributed by atoms with Crippen LogP contribution in [0, 0.1) is 0 Å². The number of benzene rings is 6. The zero-order chi connectivity index (χ0) is 31.3. The number of hydrogen-bond donors (Lipinski definition) is 0. The van der Waals surface area contributed by atoms with Crippen molar-refractivity contribution in [2.24, 2.45) is 0 Å². The fraction of sp³-hybridized carbons (Fsp3) is 0.0698. The van der Waals surface area contributed by atoms with Crippen LogP contribution in [0.3, 0.4) is 0 Å². The molecular formula is C43H29BN2S2. The van der Waals surface area contributed by atoms with Gasteiger partial charge in [0.05, 0.1) is 17.1 Å². The molecule has 48 heavy (non-hydrogen) atoms. The average molecular weight is 649 g/mol. The van der Waals surface area contributed by atoms with Crippen LogP contribution in [0.25, 0.3) is 31.3 Å². The highest BCUT2D eigenvalue weighted by Crippen LogP contribution is 2.51. The van der Waals surface area contributed by atoms with Crippen LogP contribution in [-0.2, 0) is 12.8 Å². The Balaban J connectivity index is 1.26. The highest BCUT2D eigenvalue weighted by molar-refractivity contribution is 7.40. The molecule has 0 bridgehead atoms. The second-order valence-electron chi connectivity index (χ2n) is 13.1. The van der Waals surface area contributed by atoms with Gasteiger partial charge in [0, 0.05) is 52.4 Å². The minimum Gasteiger partial charge on any atom is -0.310 e. The predicted molar refractivity (Wildman–Crippen MR) is 209 cm³/mol. The predicted octanol–water partition coefficient (Wildman–Crippen LogP) is 10.4. The van der Waals surface area contributed by atoms with Gasteiger partial charge in [-0.3, -0.25) is 0 Å². The molecule has 1 aliphatic carbocycles. The van der Waals surface area contributed by atoms with Crippen LogP contribution in [-0.4, -0.2) is 6.71 Å². The van der Waals surface area contributed by atoms with Gasteiger partial charge in [0.2, 0.25) is 0 Å². The zero-order valence-corrected chi connectivity index (χ0v) is 27.8. The summed E-state index contributed by atoms with van der Waals surface area (Å²) < 4.78 is 5.55. The van der Waals surface area contributed by atoms with E-state index in [2.05, 4.69) is 149 Å². The smallest absolute Gasteiger partial charge is 0.277 e.